The van der Waals surface area contributed by atoms with Gasteiger partial charge in [0, 0.05) is 36.8 Å². The molecular formula is C19H26ClN3O. The van der Waals surface area contributed by atoms with E-state index in [1.165, 1.54) is 30.2 Å². The molecule has 2 aromatic rings. The molecule has 5 heteroatoms. The number of para-hydroxylation sites is 1. The predicted molar refractivity (Wildman–Crippen MR) is 99.6 cm³/mol. The van der Waals surface area contributed by atoms with Crippen LogP contribution in [-0.4, -0.2) is 36.8 Å². The number of pyridine rings is 1. The number of aromatic nitrogens is 1. The van der Waals surface area contributed by atoms with Gasteiger partial charge in [0.05, 0.1) is 18.7 Å². The summed E-state index contributed by atoms with van der Waals surface area (Å²) in [7, 11) is 0. The van der Waals surface area contributed by atoms with E-state index in [-0.39, 0.29) is 12.4 Å². The topological polar surface area (TPSA) is 46.2 Å². The second kappa shape index (κ2) is 8.26. The highest BCUT2D eigenvalue weighted by Crippen LogP contribution is 2.30. The number of nitrogens with one attached hydrogen (secondary N) is 2. The van der Waals surface area contributed by atoms with Gasteiger partial charge in [0.15, 0.2) is 0 Å². The molecule has 1 saturated carbocycles. The summed E-state index contributed by atoms with van der Waals surface area (Å²) in [6.07, 6.45) is 5.76. The van der Waals surface area contributed by atoms with Gasteiger partial charge in [0.2, 0.25) is 0 Å². The lowest BCUT2D eigenvalue weighted by Crippen LogP contribution is -2.50. The van der Waals surface area contributed by atoms with Gasteiger partial charge in [-0.3, -0.25) is 4.98 Å². The van der Waals surface area contributed by atoms with Crippen molar-refractivity contribution in [3.05, 3.63) is 42.1 Å². The van der Waals surface area contributed by atoms with Crippen LogP contribution in [0.5, 0.6) is 0 Å². The van der Waals surface area contributed by atoms with Crippen LogP contribution >= 0.6 is 12.4 Å². The van der Waals surface area contributed by atoms with Gasteiger partial charge in [-0.2, -0.15) is 0 Å². The molecule has 2 N–H and O–H groups in total. The number of benzene rings is 1. The Labute approximate surface area is 149 Å². The first-order chi connectivity index (χ1) is 11.4. The van der Waals surface area contributed by atoms with Crippen LogP contribution in [-0.2, 0) is 11.3 Å². The van der Waals surface area contributed by atoms with Gasteiger partial charge in [0.1, 0.15) is 0 Å². The molecule has 0 amide bonds. The van der Waals surface area contributed by atoms with E-state index >= 15 is 0 Å². The summed E-state index contributed by atoms with van der Waals surface area (Å²) >= 11 is 0. The second-order valence-corrected chi connectivity index (χ2v) is 6.71. The summed E-state index contributed by atoms with van der Waals surface area (Å²) in [5, 5.41) is 8.66. The monoisotopic (exact) mass is 347 g/mol. The van der Waals surface area contributed by atoms with Crippen molar-refractivity contribution < 1.29 is 4.74 Å². The van der Waals surface area contributed by atoms with Gasteiger partial charge in [-0.25, -0.2) is 0 Å². The first-order valence-corrected chi connectivity index (χ1v) is 8.79. The largest absolute Gasteiger partial charge is 0.379 e. The zero-order chi connectivity index (χ0) is 15.5. The minimum atomic E-state index is 0. The van der Waals surface area contributed by atoms with Crippen molar-refractivity contribution in [1.82, 2.24) is 15.6 Å². The Hall–Kier alpha value is -1.20. The fourth-order valence-electron chi connectivity index (χ4n) is 4.14. The van der Waals surface area contributed by atoms with Crippen LogP contribution in [0.3, 0.4) is 0 Å². The normalized spacial score (nSPS) is 27.1. The maximum Gasteiger partial charge on any atom is 0.0746 e. The van der Waals surface area contributed by atoms with Crippen molar-refractivity contribution in [1.29, 1.82) is 0 Å². The molecule has 0 bridgehead atoms. The molecule has 1 aliphatic heterocycles. The van der Waals surface area contributed by atoms with Crippen molar-refractivity contribution in [2.24, 2.45) is 5.92 Å². The van der Waals surface area contributed by atoms with Crippen LogP contribution in [0.2, 0.25) is 0 Å². The van der Waals surface area contributed by atoms with Crippen molar-refractivity contribution in [3.63, 3.8) is 0 Å². The molecule has 1 aliphatic carbocycles. The number of rotatable bonds is 4. The molecule has 2 heterocycles. The third-order valence-electron chi connectivity index (χ3n) is 5.31. The van der Waals surface area contributed by atoms with E-state index in [4.69, 9.17) is 4.74 Å². The molecule has 4 nitrogen and oxygen atoms in total. The van der Waals surface area contributed by atoms with Gasteiger partial charge in [0.25, 0.3) is 0 Å². The Morgan fingerprint density at radius 2 is 2.12 bits per heavy atom. The van der Waals surface area contributed by atoms with Crippen molar-refractivity contribution in [2.45, 2.75) is 37.9 Å². The molecule has 24 heavy (non-hydrogen) atoms. The average Bonchev–Trinajstić information content (AvgIpc) is 3.09. The lowest BCUT2D eigenvalue weighted by Gasteiger charge is -2.33. The Kier molecular flexibility index (Phi) is 6.06. The Balaban J connectivity index is 0.00000169. The summed E-state index contributed by atoms with van der Waals surface area (Å²) in [4.78, 5) is 4.56. The Bertz CT molecular complexity index is 655. The van der Waals surface area contributed by atoms with E-state index in [1.54, 1.807) is 0 Å². The average molecular weight is 348 g/mol. The van der Waals surface area contributed by atoms with E-state index in [0.29, 0.717) is 18.0 Å². The van der Waals surface area contributed by atoms with Crippen LogP contribution in [0.25, 0.3) is 10.9 Å². The van der Waals surface area contributed by atoms with E-state index < -0.39 is 0 Å². The van der Waals surface area contributed by atoms with Gasteiger partial charge in [-0.15, -0.1) is 12.4 Å². The fourth-order valence-corrected chi connectivity index (χ4v) is 4.14. The number of hydrogen-bond donors (Lipinski definition) is 2. The number of nitrogens with zero attached hydrogens (tertiary/aromatic N) is 1. The van der Waals surface area contributed by atoms with Crippen LogP contribution in [0.1, 0.15) is 24.8 Å². The molecular weight excluding hydrogens is 322 g/mol. The maximum atomic E-state index is 5.66. The maximum absolute atomic E-state index is 5.66. The van der Waals surface area contributed by atoms with Crippen LogP contribution in [0.15, 0.2) is 36.5 Å². The third kappa shape index (κ3) is 3.72. The highest BCUT2D eigenvalue weighted by atomic mass is 35.5. The molecule has 2 fully saturated rings. The molecule has 1 saturated heterocycles. The van der Waals surface area contributed by atoms with Crippen molar-refractivity contribution in [2.75, 3.05) is 19.8 Å². The number of hydrogen-bond acceptors (Lipinski definition) is 4. The van der Waals surface area contributed by atoms with E-state index in [1.807, 2.05) is 12.3 Å². The molecule has 130 valence electrons. The number of fused-ring (bicyclic) bond motifs is 1. The molecule has 3 unspecified atom stereocenters. The zero-order valence-corrected chi connectivity index (χ0v) is 14.7. The number of halogens is 1. The minimum absolute atomic E-state index is 0. The van der Waals surface area contributed by atoms with E-state index in [0.717, 1.165) is 31.8 Å². The summed E-state index contributed by atoms with van der Waals surface area (Å²) in [6.45, 7) is 3.59. The predicted octanol–water partition coefficient (Wildman–Crippen LogP) is 2.90. The highest BCUT2D eigenvalue weighted by Gasteiger charge is 2.34. The lowest BCUT2D eigenvalue weighted by molar-refractivity contribution is 0.0524. The highest BCUT2D eigenvalue weighted by molar-refractivity contribution is 5.85. The van der Waals surface area contributed by atoms with Gasteiger partial charge in [-0.1, -0.05) is 30.7 Å². The number of ether oxygens (including phenoxy) is 1. The van der Waals surface area contributed by atoms with Gasteiger partial charge >= 0.3 is 0 Å². The standard InChI is InChI=1S/C19H25N3O.ClH/c1-4-14-6-3-9-21-19(14)15(5-1)12-22-17-8-2-7-16(17)18-13-23-11-10-20-18;/h1,3-6,9,16-18,20,22H,2,7-8,10-13H2;1H. The molecule has 3 atom stereocenters. The Morgan fingerprint density at radius 3 is 3.00 bits per heavy atom. The quantitative estimate of drug-likeness (QED) is 0.892. The summed E-state index contributed by atoms with van der Waals surface area (Å²) in [5.74, 6) is 0.679. The van der Waals surface area contributed by atoms with Gasteiger partial charge < -0.3 is 15.4 Å². The second-order valence-electron chi connectivity index (χ2n) is 6.71. The third-order valence-corrected chi connectivity index (χ3v) is 5.31. The van der Waals surface area contributed by atoms with Crippen molar-refractivity contribution in [3.8, 4) is 0 Å². The summed E-state index contributed by atoms with van der Waals surface area (Å²) < 4.78 is 5.66. The zero-order valence-electron chi connectivity index (χ0n) is 13.9. The lowest BCUT2D eigenvalue weighted by atomic mass is 9.93. The summed E-state index contributed by atoms with van der Waals surface area (Å²) in [6, 6.07) is 11.7. The summed E-state index contributed by atoms with van der Waals surface area (Å²) in [5.41, 5.74) is 2.41. The molecule has 0 spiro atoms. The van der Waals surface area contributed by atoms with E-state index in [9.17, 15) is 0 Å². The number of morpholine rings is 1. The smallest absolute Gasteiger partial charge is 0.0746 e. The minimum Gasteiger partial charge on any atom is -0.379 e. The fraction of sp³-hybridized carbons (Fsp3) is 0.526. The van der Waals surface area contributed by atoms with Crippen LogP contribution < -0.4 is 10.6 Å². The van der Waals surface area contributed by atoms with E-state index in [2.05, 4.69) is 39.9 Å². The molecule has 0 radical (unpaired) electrons. The SMILES string of the molecule is Cl.c1cnc2c(CNC3CCCC3C3COCCN3)cccc2c1. The van der Waals surface area contributed by atoms with Gasteiger partial charge in [-0.05, 0) is 30.4 Å². The molecule has 1 aromatic carbocycles. The molecule has 1 aromatic heterocycles. The first kappa shape index (κ1) is 17.6. The Morgan fingerprint density at radius 1 is 1.21 bits per heavy atom. The van der Waals surface area contributed by atoms with Crippen LogP contribution in [0.4, 0.5) is 0 Å². The molecule has 2 aliphatic rings. The van der Waals surface area contributed by atoms with Crippen molar-refractivity contribution >= 4 is 23.3 Å². The molecule has 4 rings (SSSR count). The first-order valence-electron chi connectivity index (χ1n) is 8.79. The van der Waals surface area contributed by atoms with Crippen LogP contribution in [0, 0.1) is 5.92 Å².